The number of rotatable bonds is 3. The molecule has 7 nitrogen and oxygen atoms in total. The highest BCUT2D eigenvalue weighted by Gasteiger charge is 2.76. The molecular weight excluding hydrogens is 462 g/mol. The Morgan fingerprint density at radius 1 is 1.20 bits per heavy atom. The Hall–Kier alpha value is -2.81. The monoisotopic (exact) mass is 490 g/mol. The summed E-state index contributed by atoms with van der Waals surface area (Å²) in [5.41, 5.74) is -6.67. The molecule has 0 amide bonds. The van der Waals surface area contributed by atoms with Crippen LogP contribution in [0.3, 0.4) is 0 Å². The summed E-state index contributed by atoms with van der Waals surface area (Å²) in [7, 11) is 0. The number of alkyl halides is 2. The number of fused-ring (bicyclic) bond motifs is 5. The zero-order valence-corrected chi connectivity index (χ0v) is 19.7. The maximum absolute atomic E-state index is 17.2. The maximum Gasteiger partial charge on any atom is 0.374 e. The number of aliphatic hydroxyl groups is 1. The summed E-state index contributed by atoms with van der Waals surface area (Å²) in [6.45, 7) is 4.61. The van der Waals surface area contributed by atoms with Crippen LogP contribution in [-0.4, -0.2) is 51.5 Å². The zero-order chi connectivity index (χ0) is 25.6. The van der Waals surface area contributed by atoms with Crippen LogP contribution in [0, 0.1) is 28.6 Å². The molecule has 5 rings (SSSR count). The van der Waals surface area contributed by atoms with E-state index in [1.165, 1.54) is 44.4 Å². The number of carbonyl (C=O) groups is 3. The third-order valence-electron chi connectivity index (χ3n) is 9.25. The minimum Gasteiger partial charge on any atom is -0.481 e. The van der Waals surface area contributed by atoms with E-state index < -0.39 is 69.9 Å². The molecule has 3 fully saturated rings. The molecule has 3 saturated carbocycles. The lowest BCUT2D eigenvalue weighted by Crippen LogP contribution is -2.68. The van der Waals surface area contributed by atoms with Gasteiger partial charge < -0.3 is 19.4 Å². The number of hydrogen-bond donors (Lipinski definition) is 2. The number of carbonyl (C=O) groups excluding carboxylic acids is 2. The highest BCUT2D eigenvalue weighted by Crippen LogP contribution is 2.71. The third kappa shape index (κ3) is 3.00. The number of aliphatic carboxylic acids is 1. The minimum absolute atomic E-state index is 0.00815. The first-order valence-corrected chi connectivity index (χ1v) is 11.7. The van der Waals surface area contributed by atoms with E-state index in [9.17, 15) is 24.6 Å². The molecule has 35 heavy (non-hydrogen) atoms. The fraction of sp³-hybridized carbons (Fsp3) is 0.577. The van der Waals surface area contributed by atoms with Crippen LogP contribution in [0.15, 0.2) is 46.6 Å². The Bertz CT molecular complexity index is 1160. The average molecular weight is 490 g/mol. The van der Waals surface area contributed by atoms with Crippen molar-refractivity contribution >= 4 is 17.7 Å². The van der Waals surface area contributed by atoms with Crippen molar-refractivity contribution < 1.29 is 42.5 Å². The van der Waals surface area contributed by atoms with Crippen molar-refractivity contribution in [2.75, 3.05) is 0 Å². The number of ketones is 1. The van der Waals surface area contributed by atoms with E-state index in [0.29, 0.717) is 0 Å². The van der Waals surface area contributed by atoms with Gasteiger partial charge in [0.05, 0.1) is 12.4 Å². The van der Waals surface area contributed by atoms with Crippen LogP contribution < -0.4 is 0 Å². The lowest BCUT2D eigenvalue weighted by atomic mass is 9.45. The van der Waals surface area contributed by atoms with Crippen molar-refractivity contribution in [1.29, 1.82) is 0 Å². The summed E-state index contributed by atoms with van der Waals surface area (Å²) in [5, 5.41) is 21.5. The Kier molecular flexibility index (Phi) is 5.02. The van der Waals surface area contributed by atoms with Crippen LogP contribution in [0.2, 0.25) is 0 Å². The summed E-state index contributed by atoms with van der Waals surface area (Å²) < 4.78 is 43.5. The number of allylic oxidation sites excluding steroid dienone is 4. The van der Waals surface area contributed by atoms with Gasteiger partial charge in [-0.05, 0) is 74.3 Å². The van der Waals surface area contributed by atoms with E-state index in [-0.39, 0.29) is 30.6 Å². The second kappa shape index (κ2) is 7.35. The molecule has 0 saturated heterocycles. The molecule has 9 atom stereocenters. The highest BCUT2D eigenvalue weighted by molar-refractivity contribution is 6.01. The molecule has 9 heteroatoms. The molecule has 2 unspecified atom stereocenters. The van der Waals surface area contributed by atoms with Gasteiger partial charge in [-0.25, -0.2) is 13.6 Å². The van der Waals surface area contributed by atoms with Crippen molar-refractivity contribution in [1.82, 2.24) is 0 Å². The molecule has 1 aromatic heterocycles. The molecule has 0 aliphatic heterocycles. The predicted molar refractivity (Wildman–Crippen MR) is 118 cm³/mol. The molecule has 4 aliphatic rings. The molecule has 0 radical (unpaired) electrons. The fourth-order valence-corrected chi connectivity index (χ4v) is 7.85. The number of aliphatic hydroxyl groups excluding tert-OH is 1. The van der Waals surface area contributed by atoms with Gasteiger partial charge in [0.15, 0.2) is 11.5 Å². The first-order valence-electron chi connectivity index (χ1n) is 11.7. The van der Waals surface area contributed by atoms with Gasteiger partial charge in [0, 0.05) is 11.3 Å². The van der Waals surface area contributed by atoms with Gasteiger partial charge in [-0.1, -0.05) is 13.0 Å². The number of carboxylic acid groups (broad SMARTS) is 1. The lowest BCUT2D eigenvalue weighted by molar-refractivity contribution is -0.205. The van der Waals surface area contributed by atoms with Gasteiger partial charge in [0.25, 0.3) is 0 Å². The SMILES string of the molecule is C[C@]12C[C@H](O)[C@@]3(F)C(C[C@H](F)C4=CC(=O)C=C[C@@]43C)C1C[C@](C)(OC(=O)c1ccco1)[C@@H]2C(=O)O. The second-order valence-electron chi connectivity index (χ2n) is 11.1. The second-order valence-corrected chi connectivity index (χ2v) is 11.1. The normalized spacial score (nSPS) is 46.3. The van der Waals surface area contributed by atoms with Gasteiger partial charge in [-0.2, -0.15) is 0 Å². The van der Waals surface area contributed by atoms with Crippen molar-refractivity contribution in [2.45, 2.75) is 63.6 Å². The van der Waals surface area contributed by atoms with Crippen molar-refractivity contribution in [2.24, 2.45) is 28.6 Å². The first-order chi connectivity index (χ1) is 16.3. The van der Waals surface area contributed by atoms with Crippen molar-refractivity contribution in [3.05, 3.63) is 48.0 Å². The fourth-order valence-electron chi connectivity index (χ4n) is 7.85. The molecule has 0 bridgehead atoms. The molecular formula is C26H28F2O7. The summed E-state index contributed by atoms with van der Waals surface area (Å²) in [6.07, 6.45) is 1.07. The van der Waals surface area contributed by atoms with Crippen LogP contribution in [0.25, 0.3) is 0 Å². The van der Waals surface area contributed by atoms with Crippen LogP contribution in [-0.2, 0) is 14.3 Å². The van der Waals surface area contributed by atoms with Crippen LogP contribution in [0.1, 0.15) is 50.6 Å². The topological polar surface area (TPSA) is 114 Å². The van der Waals surface area contributed by atoms with Gasteiger partial charge in [-0.15, -0.1) is 0 Å². The van der Waals surface area contributed by atoms with E-state index in [0.717, 1.165) is 6.08 Å². The van der Waals surface area contributed by atoms with Gasteiger partial charge in [0.2, 0.25) is 5.76 Å². The smallest absolute Gasteiger partial charge is 0.374 e. The number of furan rings is 1. The van der Waals surface area contributed by atoms with Crippen LogP contribution in [0.5, 0.6) is 0 Å². The Morgan fingerprint density at radius 2 is 1.91 bits per heavy atom. The minimum atomic E-state index is -2.35. The van der Waals surface area contributed by atoms with E-state index in [1.807, 2.05) is 0 Å². The van der Waals surface area contributed by atoms with E-state index >= 15 is 8.78 Å². The Morgan fingerprint density at radius 3 is 2.54 bits per heavy atom. The molecule has 188 valence electrons. The number of carboxylic acids is 1. The summed E-state index contributed by atoms with van der Waals surface area (Å²) in [5.74, 6) is -5.70. The molecule has 1 aromatic rings. The summed E-state index contributed by atoms with van der Waals surface area (Å²) >= 11 is 0. The van der Waals surface area contributed by atoms with Crippen molar-refractivity contribution in [3.63, 3.8) is 0 Å². The van der Waals surface area contributed by atoms with Crippen molar-refractivity contribution in [3.8, 4) is 0 Å². The highest BCUT2D eigenvalue weighted by atomic mass is 19.1. The molecule has 2 N–H and O–H groups in total. The van der Waals surface area contributed by atoms with Gasteiger partial charge in [-0.3, -0.25) is 9.59 Å². The third-order valence-corrected chi connectivity index (χ3v) is 9.25. The molecule has 1 heterocycles. The lowest BCUT2D eigenvalue weighted by Gasteiger charge is -2.62. The van der Waals surface area contributed by atoms with Gasteiger partial charge >= 0.3 is 11.9 Å². The number of halogens is 2. The average Bonchev–Trinajstić information content (AvgIpc) is 3.37. The quantitative estimate of drug-likeness (QED) is 0.619. The predicted octanol–water partition coefficient (Wildman–Crippen LogP) is 3.82. The molecule has 4 aliphatic carbocycles. The Labute approximate surface area is 200 Å². The number of hydrogen-bond acceptors (Lipinski definition) is 6. The zero-order valence-electron chi connectivity index (χ0n) is 19.7. The first kappa shape index (κ1) is 23.9. The van der Waals surface area contributed by atoms with Crippen LogP contribution >= 0.6 is 0 Å². The van der Waals surface area contributed by atoms with E-state index in [2.05, 4.69) is 0 Å². The maximum atomic E-state index is 17.2. The van der Waals surface area contributed by atoms with E-state index in [4.69, 9.17) is 9.15 Å². The summed E-state index contributed by atoms with van der Waals surface area (Å²) in [6, 6.07) is 2.89. The van der Waals surface area contributed by atoms with E-state index in [1.54, 1.807) is 6.92 Å². The summed E-state index contributed by atoms with van der Waals surface area (Å²) in [4.78, 5) is 37.2. The largest absolute Gasteiger partial charge is 0.481 e. The van der Waals surface area contributed by atoms with Gasteiger partial charge in [0.1, 0.15) is 17.7 Å². The number of ether oxygens (including phenoxy) is 1. The standard InChI is InChI=1S/C26H28F2O7/c1-23-12-19(30)26(28)14(10-17(27)15-9-13(29)6-7-24(15,26)2)16(23)11-25(3,20(23)21(31)32)35-22(33)18-5-4-8-34-18/h4-9,14,16-17,19-20,30H,10-12H2,1-3H3,(H,31,32)/t14?,16?,17-,19-,20+,23-,24-,25-,26-/m0/s1. The molecule has 0 spiro atoms. The number of esters is 1. The Balaban J connectivity index is 1.60. The molecule has 0 aromatic carbocycles. The van der Waals surface area contributed by atoms with Crippen LogP contribution in [0.4, 0.5) is 8.78 Å².